The summed E-state index contributed by atoms with van der Waals surface area (Å²) in [6, 6.07) is 3.35. The van der Waals surface area contributed by atoms with Crippen molar-refractivity contribution in [1.29, 1.82) is 0 Å². The zero-order valence-electron chi connectivity index (χ0n) is 10.3. The predicted octanol–water partition coefficient (Wildman–Crippen LogP) is 1.84. The van der Waals surface area contributed by atoms with Crippen LogP contribution in [0.4, 0.5) is 4.39 Å². The van der Waals surface area contributed by atoms with Crippen LogP contribution in [0.25, 0.3) is 0 Å². The molecule has 0 unspecified atom stereocenters. The molecule has 17 heavy (non-hydrogen) atoms. The van der Waals surface area contributed by atoms with Gasteiger partial charge in [0.1, 0.15) is 6.17 Å². The first-order chi connectivity index (χ1) is 8.11. The van der Waals surface area contributed by atoms with Crippen molar-refractivity contribution in [2.75, 3.05) is 13.1 Å². The van der Waals surface area contributed by atoms with E-state index in [0.717, 1.165) is 12.1 Å². The van der Waals surface area contributed by atoms with Gasteiger partial charge in [-0.2, -0.15) is 0 Å². The molecule has 94 valence electrons. The number of alkyl halides is 1. The van der Waals surface area contributed by atoms with Gasteiger partial charge in [-0.1, -0.05) is 19.9 Å². The van der Waals surface area contributed by atoms with Crippen LogP contribution in [0.2, 0.25) is 0 Å². The molecule has 0 bridgehead atoms. The highest BCUT2D eigenvalue weighted by atomic mass is 19.1. The number of pyridine rings is 1. The van der Waals surface area contributed by atoms with Crippen LogP contribution in [0, 0.1) is 0 Å². The first kappa shape index (κ1) is 12.3. The van der Waals surface area contributed by atoms with Crippen molar-refractivity contribution < 1.29 is 4.39 Å². The lowest BCUT2D eigenvalue weighted by Gasteiger charge is -2.28. The van der Waals surface area contributed by atoms with Gasteiger partial charge in [-0.3, -0.25) is 4.79 Å². The van der Waals surface area contributed by atoms with E-state index >= 15 is 0 Å². The van der Waals surface area contributed by atoms with E-state index in [2.05, 4.69) is 5.32 Å². The van der Waals surface area contributed by atoms with Crippen LogP contribution < -0.4 is 10.9 Å². The lowest BCUT2D eigenvalue weighted by atomic mass is 10.0. The number of halogens is 1. The molecule has 0 saturated carbocycles. The monoisotopic (exact) mass is 238 g/mol. The highest BCUT2D eigenvalue weighted by molar-refractivity contribution is 5.15. The maximum atomic E-state index is 13.8. The van der Waals surface area contributed by atoms with E-state index in [1.807, 2.05) is 26.0 Å². The molecule has 0 spiro atoms. The molecule has 2 rings (SSSR count). The van der Waals surface area contributed by atoms with Crippen LogP contribution in [-0.2, 0) is 0 Å². The van der Waals surface area contributed by atoms with E-state index in [1.54, 1.807) is 10.8 Å². The highest BCUT2D eigenvalue weighted by Gasteiger charge is 2.27. The molecule has 4 heteroatoms. The van der Waals surface area contributed by atoms with Crippen molar-refractivity contribution in [1.82, 2.24) is 9.88 Å². The van der Waals surface area contributed by atoms with Crippen LogP contribution in [0.1, 0.15) is 37.8 Å². The molecule has 1 aliphatic rings. The molecule has 1 aliphatic heterocycles. The molecule has 0 aromatic carbocycles. The average Bonchev–Trinajstić information content (AvgIpc) is 2.30. The van der Waals surface area contributed by atoms with Gasteiger partial charge in [-0.05, 0) is 24.9 Å². The van der Waals surface area contributed by atoms with Gasteiger partial charge in [0.15, 0.2) is 0 Å². The van der Waals surface area contributed by atoms with Gasteiger partial charge in [-0.25, -0.2) is 4.39 Å². The van der Waals surface area contributed by atoms with Gasteiger partial charge in [0, 0.05) is 18.3 Å². The lowest BCUT2D eigenvalue weighted by Crippen LogP contribution is -2.42. The number of hydrogen-bond donors (Lipinski definition) is 1. The molecule has 0 radical (unpaired) electrons. The van der Waals surface area contributed by atoms with Crippen LogP contribution in [-0.4, -0.2) is 23.8 Å². The highest BCUT2D eigenvalue weighted by Crippen LogP contribution is 2.21. The second kappa shape index (κ2) is 5.00. The first-order valence-corrected chi connectivity index (χ1v) is 6.17. The standard InChI is InChI=1S/C13H19FN2O/c1-9(2)10-4-3-7-16(13(10)17)12-5-6-15-8-11(12)14/h3-4,7,9,11-12,15H,5-6,8H2,1-2H3/t11-,12+/m0/s1. The SMILES string of the molecule is CC(C)c1cccn([C@@H]2CCNC[C@@H]2F)c1=O. The maximum absolute atomic E-state index is 13.8. The molecule has 1 aromatic heterocycles. The van der Waals surface area contributed by atoms with Crippen molar-refractivity contribution in [3.63, 3.8) is 0 Å². The molecular weight excluding hydrogens is 219 g/mol. The Hall–Kier alpha value is -1.16. The molecular formula is C13H19FN2O. The summed E-state index contributed by atoms with van der Waals surface area (Å²) >= 11 is 0. The third-order valence-corrected chi connectivity index (χ3v) is 3.36. The van der Waals surface area contributed by atoms with E-state index in [9.17, 15) is 9.18 Å². The van der Waals surface area contributed by atoms with E-state index in [4.69, 9.17) is 0 Å². The fourth-order valence-electron chi connectivity index (χ4n) is 2.35. The number of hydrogen-bond acceptors (Lipinski definition) is 2. The van der Waals surface area contributed by atoms with Crippen molar-refractivity contribution in [3.05, 3.63) is 34.2 Å². The third kappa shape index (κ3) is 2.41. The molecule has 1 saturated heterocycles. The normalized spacial score (nSPS) is 25.2. The second-order valence-electron chi connectivity index (χ2n) is 4.91. The summed E-state index contributed by atoms with van der Waals surface area (Å²) < 4.78 is 15.4. The Morgan fingerprint density at radius 3 is 2.94 bits per heavy atom. The molecule has 1 aromatic rings. The van der Waals surface area contributed by atoms with E-state index < -0.39 is 6.17 Å². The lowest BCUT2D eigenvalue weighted by molar-refractivity contribution is 0.180. The fraction of sp³-hybridized carbons (Fsp3) is 0.615. The number of piperidine rings is 1. The van der Waals surface area contributed by atoms with Gasteiger partial charge in [0.05, 0.1) is 6.04 Å². The van der Waals surface area contributed by atoms with Crippen LogP contribution >= 0.6 is 0 Å². The Kier molecular flexibility index (Phi) is 3.62. The molecule has 2 heterocycles. The summed E-state index contributed by atoms with van der Waals surface area (Å²) in [6.07, 6.45) is 1.39. The Balaban J connectivity index is 2.38. The van der Waals surface area contributed by atoms with Crippen LogP contribution in [0.3, 0.4) is 0 Å². The summed E-state index contributed by atoms with van der Waals surface area (Å²) in [5, 5.41) is 3.00. The molecule has 1 N–H and O–H groups in total. The summed E-state index contributed by atoms with van der Waals surface area (Å²) in [5.41, 5.74) is 0.718. The zero-order valence-corrected chi connectivity index (χ0v) is 10.3. The predicted molar refractivity (Wildman–Crippen MR) is 66.2 cm³/mol. The third-order valence-electron chi connectivity index (χ3n) is 3.36. The molecule has 0 amide bonds. The van der Waals surface area contributed by atoms with Gasteiger partial charge >= 0.3 is 0 Å². The Labute approximate surface area is 101 Å². The van der Waals surface area contributed by atoms with E-state index in [1.165, 1.54) is 0 Å². The van der Waals surface area contributed by atoms with E-state index in [0.29, 0.717) is 13.0 Å². The topological polar surface area (TPSA) is 34.0 Å². The smallest absolute Gasteiger partial charge is 0.254 e. The minimum Gasteiger partial charge on any atom is -0.314 e. The average molecular weight is 238 g/mol. The summed E-state index contributed by atoms with van der Waals surface area (Å²) in [7, 11) is 0. The molecule has 2 atom stereocenters. The van der Waals surface area contributed by atoms with Crippen LogP contribution in [0.15, 0.2) is 23.1 Å². The summed E-state index contributed by atoms with van der Waals surface area (Å²) in [6.45, 7) is 5.07. The van der Waals surface area contributed by atoms with Crippen LogP contribution in [0.5, 0.6) is 0 Å². The maximum Gasteiger partial charge on any atom is 0.254 e. The van der Waals surface area contributed by atoms with Crippen molar-refractivity contribution >= 4 is 0 Å². The number of nitrogens with one attached hydrogen (secondary N) is 1. The number of aromatic nitrogens is 1. The Morgan fingerprint density at radius 1 is 1.53 bits per heavy atom. The minimum atomic E-state index is -0.983. The summed E-state index contributed by atoms with van der Waals surface area (Å²) in [4.78, 5) is 12.2. The first-order valence-electron chi connectivity index (χ1n) is 6.17. The quantitative estimate of drug-likeness (QED) is 0.853. The molecule has 1 fully saturated rings. The van der Waals surface area contributed by atoms with Crippen molar-refractivity contribution in [2.45, 2.75) is 38.4 Å². The van der Waals surface area contributed by atoms with Crippen molar-refractivity contribution in [2.24, 2.45) is 0 Å². The van der Waals surface area contributed by atoms with Gasteiger partial charge in [0.2, 0.25) is 0 Å². The summed E-state index contributed by atoms with van der Waals surface area (Å²) in [5.74, 6) is 0.176. The Morgan fingerprint density at radius 2 is 2.29 bits per heavy atom. The zero-order chi connectivity index (χ0) is 12.4. The second-order valence-corrected chi connectivity index (χ2v) is 4.91. The largest absolute Gasteiger partial charge is 0.314 e. The number of rotatable bonds is 2. The van der Waals surface area contributed by atoms with E-state index in [-0.39, 0.29) is 17.5 Å². The van der Waals surface area contributed by atoms with Crippen molar-refractivity contribution in [3.8, 4) is 0 Å². The van der Waals surface area contributed by atoms with Gasteiger partial charge < -0.3 is 9.88 Å². The minimum absolute atomic E-state index is 0.0444. The molecule has 0 aliphatic carbocycles. The number of nitrogens with zero attached hydrogens (tertiary/aromatic N) is 1. The van der Waals surface area contributed by atoms with Gasteiger partial charge in [-0.15, -0.1) is 0 Å². The molecule has 3 nitrogen and oxygen atoms in total. The van der Waals surface area contributed by atoms with Gasteiger partial charge in [0.25, 0.3) is 5.56 Å². The fourth-order valence-corrected chi connectivity index (χ4v) is 2.35. The Bertz CT molecular complexity index is 441.